The van der Waals surface area contributed by atoms with Crippen LogP contribution < -0.4 is 10.8 Å². The van der Waals surface area contributed by atoms with Crippen molar-refractivity contribution in [3.8, 4) is 5.69 Å². The Balaban J connectivity index is 2.02. The van der Waals surface area contributed by atoms with Crippen LogP contribution in [0, 0.1) is 12.3 Å². The maximum absolute atomic E-state index is 12.2. The van der Waals surface area contributed by atoms with E-state index < -0.39 is 0 Å². The fourth-order valence-electron chi connectivity index (χ4n) is 2.89. The van der Waals surface area contributed by atoms with Gasteiger partial charge >= 0.3 is 0 Å². The highest BCUT2D eigenvalue weighted by atomic mass is 32.2. The molecule has 148 valence electrons. The first-order valence-electron chi connectivity index (χ1n) is 9.48. The average Bonchev–Trinajstić information content (AvgIpc) is 3.07. The Bertz CT molecular complexity index is 1040. The standard InChI is InChI=1S/C20H26N6OS/c1-5-12(3)22-16(27)11-28-20-23-19-17(13(4)24-25-19)18(21)26(20)15-9-7-14(6-2)8-10-15/h7-10,12,21H,5-6,11H2,1-4H3,(H,22,27)(H,24,25)/t12-/m1/s1. The van der Waals surface area contributed by atoms with E-state index >= 15 is 0 Å². The van der Waals surface area contributed by atoms with Gasteiger partial charge in [0.1, 0.15) is 5.49 Å². The van der Waals surface area contributed by atoms with Crippen LogP contribution in [-0.4, -0.2) is 37.5 Å². The van der Waals surface area contributed by atoms with E-state index in [1.807, 2.05) is 32.9 Å². The molecule has 2 aromatic heterocycles. The third-order valence-corrected chi connectivity index (χ3v) is 5.67. The summed E-state index contributed by atoms with van der Waals surface area (Å²) in [6, 6.07) is 8.22. The Morgan fingerprint density at radius 3 is 2.68 bits per heavy atom. The van der Waals surface area contributed by atoms with Gasteiger partial charge in [-0.3, -0.25) is 19.9 Å². The van der Waals surface area contributed by atoms with Crippen LogP contribution in [0.2, 0.25) is 0 Å². The summed E-state index contributed by atoms with van der Waals surface area (Å²) in [6.45, 7) is 8.01. The molecule has 28 heavy (non-hydrogen) atoms. The molecule has 2 heterocycles. The van der Waals surface area contributed by atoms with Crippen LogP contribution in [0.25, 0.3) is 16.7 Å². The summed E-state index contributed by atoms with van der Waals surface area (Å²) >= 11 is 1.32. The summed E-state index contributed by atoms with van der Waals surface area (Å²) in [6.07, 6.45) is 1.84. The molecule has 8 heteroatoms. The lowest BCUT2D eigenvalue weighted by Gasteiger charge is -2.15. The minimum Gasteiger partial charge on any atom is -0.353 e. The number of benzene rings is 1. The molecule has 3 N–H and O–H groups in total. The number of rotatable bonds is 7. The summed E-state index contributed by atoms with van der Waals surface area (Å²) in [5.74, 6) is 0.192. The number of nitrogens with one attached hydrogen (secondary N) is 3. The summed E-state index contributed by atoms with van der Waals surface area (Å²) in [5, 5.41) is 20.1. The molecule has 0 bridgehead atoms. The van der Waals surface area contributed by atoms with Gasteiger partial charge < -0.3 is 5.32 Å². The summed E-state index contributed by atoms with van der Waals surface area (Å²) in [7, 11) is 0. The molecule has 0 fully saturated rings. The van der Waals surface area contributed by atoms with Crippen molar-refractivity contribution in [2.45, 2.75) is 51.7 Å². The molecule has 0 unspecified atom stereocenters. The van der Waals surface area contributed by atoms with Crippen molar-refractivity contribution < 1.29 is 4.79 Å². The fraction of sp³-hybridized carbons (Fsp3) is 0.400. The van der Waals surface area contributed by atoms with Gasteiger partial charge in [0, 0.05) is 17.4 Å². The van der Waals surface area contributed by atoms with Crippen molar-refractivity contribution in [2.75, 3.05) is 5.75 Å². The van der Waals surface area contributed by atoms with E-state index in [0.29, 0.717) is 21.7 Å². The second kappa shape index (κ2) is 8.60. The molecule has 0 aliphatic carbocycles. The Hall–Kier alpha value is -2.61. The number of aromatic nitrogens is 4. The van der Waals surface area contributed by atoms with Gasteiger partial charge in [-0.2, -0.15) is 5.10 Å². The molecule has 0 spiro atoms. The molecule has 1 amide bonds. The number of fused-ring (bicyclic) bond motifs is 1. The Kier molecular flexibility index (Phi) is 6.18. The number of carbonyl (C=O) groups excluding carboxylic acids is 1. The minimum atomic E-state index is -0.0427. The van der Waals surface area contributed by atoms with Crippen LogP contribution in [0.4, 0.5) is 0 Å². The maximum atomic E-state index is 12.2. The average molecular weight is 399 g/mol. The number of carbonyl (C=O) groups is 1. The first-order chi connectivity index (χ1) is 13.4. The van der Waals surface area contributed by atoms with Crippen molar-refractivity contribution in [3.05, 3.63) is 41.0 Å². The number of nitrogens with zero attached hydrogens (tertiary/aromatic N) is 3. The highest BCUT2D eigenvalue weighted by Gasteiger charge is 2.16. The zero-order valence-corrected chi connectivity index (χ0v) is 17.5. The zero-order chi connectivity index (χ0) is 20.3. The van der Waals surface area contributed by atoms with Gasteiger partial charge in [0.15, 0.2) is 10.8 Å². The normalized spacial score (nSPS) is 12.3. The topological polar surface area (TPSA) is 99.4 Å². The first-order valence-corrected chi connectivity index (χ1v) is 10.5. The lowest BCUT2D eigenvalue weighted by molar-refractivity contribution is -0.119. The van der Waals surface area contributed by atoms with E-state index in [0.717, 1.165) is 24.2 Å². The van der Waals surface area contributed by atoms with Crippen molar-refractivity contribution in [3.63, 3.8) is 0 Å². The van der Waals surface area contributed by atoms with Gasteiger partial charge in [-0.25, -0.2) is 4.98 Å². The summed E-state index contributed by atoms with van der Waals surface area (Å²) in [5.41, 5.74) is 3.69. The summed E-state index contributed by atoms with van der Waals surface area (Å²) < 4.78 is 1.78. The van der Waals surface area contributed by atoms with Gasteiger partial charge in [-0.05, 0) is 44.4 Å². The lowest BCUT2D eigenvalue weighted by Crippen LogP contribution is -2.33. The van der Waals surface area contributed by atoms with Crippen LogP contribution in [0.3, 0.4) is 0 Å². The number of thioether (sulfide) groups is 1. The summed E-state index contributed by atoms with van der Waals surface area (Å²) in [4.78, 5) is 16.9. The van der Waals surface area contributed by atoms with E-state index in [1.165, 1.54) is 17.3 Å². The van der Waals surface area contributed by atoms with E-state index in [4.69, 9.17) is 5.41 Å². The molecule has 0 saturated carbocycles. The number of aryl methyl sites for hydroxylation is 2. The molecule has 0 radical (unpaired) electrons. The number of H-pyrrole nitrogens is 1. The Morgan fingerprint density at radius 2 is 2.04 bits per heavy atom. The number of hydrogen-bond donors (Lipinski definition) is 3. The van der Waals surface area contributed by atoms with Crippen LogP contribution in [0.1, 0.15) is 38.4 Å². The third-order valence-electron chi connectivity index (χ3n) is 4.74. The van der Waals surface area contributed by atoms with E-state index in [1.54, 1.807) is 4.57 Å². The molecule has 3 rings (SSSR count). The highest BCUT2D eigenvalue weighted by molar-refractivity contribution is 7.99. The molecule has 1 atom stereocenters. The van der Waals surface area contributed by atoms with E-state index in [9.17, 15) is 4.79 Å². The van der Waals surface area contributed by atoms with Crippen molar-refractivity contribution in [1.82, 2.24) is 25.1 Å². The molecule has 7 nitrogen and oxygen atoms in total. The number of aromatic amines is 1. The lowest BCUT2D eigenvalue weighted by atomic mass is 10.1. The number of hydrogen-bond acceptors (Lipinski definition) is 5. The monoisotopic (exact) mass is 398 g/mol. The SMILES string of the molecule is CCc1ccc(-n2c(SCC(=O)N[C@H](C)CC)nc3n[nH]c(C)c3c2=N)cc1. The van der Waals surface area contributed by atoms with Crippen molar-refractivity contribution in [2.24, 2.45) is 0 Å². The highest BCUT2D eigenvalue weighted by Crippen LogP contribution is 2.22. The number of amides is 1. The largest absolute Gasteiger partial charge is 0.353 e. The van der Waals surface area contributed by atoms with E-state index in [2.05, 4.69) is 39.6 Å². The van der Waals surface area contributed by atoms with Gasteiger partial charge in [-0.15, -0.1) is 0 Å². The van der Waals surface area contributed by atoms with Crippen LogP contribution >= 0.6 is 11.8 Å². The second-order valence-electron chi connectivity index (χ2n) is 6.81. The molecule has 0 saturated heterocycles. The van der Waals surface area contributed by atoms with Gasteiger partial charge in [0.2, 0.25) is 5.91 Å². The van der Waals surface area contributed by atoms with Crippen molar-refractivity contribution >= 4 is 28.7 Å². The maximum Gasteiger partial charge on any atom is 0.230 e. The third kappa shape index (κ3) is 4.11. The smallest absolute Gasteiger partial charge is 0.230 e. The quantitative estimate of drug-likeness (QED) is 0.421. The molecule has 0 aliphatic heterocycles. The van der Waals surface area contributed by atoms with Gasteiger partial charge in [0.05, 0.1) is 11.1 Å². The van der Waals surface area contributed by atoms with Crippen molar-refractivity contribution in [1.29, 1.82) is 5.41 Å². The van der Waals surface area contributed by atoms with E-state index in [-0.39, 0.29) is 17.7 Å². The van der Waals surface area contributed by atoms with Gasteiger partial charge in [0.25, 0.3) is 0 Å². The predicted molar refractivity (Wildman–Crippen MR) is 112 cm³/mol. The molecule has 3 aromatic rings. The molecular weight excluding hydrogens is 372 g/mol. The van der Waals surface area contributed by atoms with Crippen LogP contribution in [0.15, 0.2) is 29.4 Å². The van der Waals surface area contributed by atoms with Crippen LogP contribution in [0.5, 0.6) is 0 Å². The molecule has 1 aromatic carbocycles. The van der Waals surface area contributed by atoms with Crippen LogP contribution in [-0.2, 0) is 11.2 Å². The van der Waals surface area contributed by atoms with Gasteiger partial charge in [-0.1, -0.05) is 37.7 Å². The minimum absolute atomic E-state index is 0.0427. The molecular formula is C20H26N6OS. The fourth-order valence-corrected chi connectivity index (χ4v) is 3.71. The predicted octanol–water partition coefficient (Wildman–Crippen LogP) is 3.11. The first kappa shape index (κ1) is 20.1. The Labute approximate surface area is 168 Å². The Morgan fingerprint density at radius 1 is 1.32 bits per heavy atom. The molecule has 0 aliphatic rings. The zero-order valence-electron chi connectivity index (χ0n) is 16.7. The second-order valence-corrected chi connectivity index (χ2v) is 7.75.